The molecule has 0 spiro atoms. The van der Waals surface area contributed by atoms with Crippen LogP contribution in [0.3, 0.4) is 0 Å². The molecule has 17 heavy (non-hydrogen) atoms. The van der Waals surface area contributed by atoms with Gasteiger partial charge in [0.05, 0.1) is 11.8 Å². The van der Waals surface area contributed by atoms with Gasteiger partial charge in [-0.1, -0.05) is 6.07 Å². The minimum atomic E-state index is -0.794. The van der Waals surface area contributed by atoms with Crippen molar-refractivity contribution in [3.63, 3.8) is 0 Å². The molecule has 1 aromatic carbocycles. The van der Waals surface area contributed by atoms with Gasteiger partial charge in [-0.2, -0.15) is 5.10 Å². The van der Waals surface area contributed by atoms with E-state index in [0.717, 1.165) is 11.3 Å². The quantitative estimate of drug-likeness (QED) is 0.771. The number of nitrogens with zero attached hydrogens (tertiary/aromatic N) is 2. The summed E-state index contributed by atoms with van der Waals surface area (Å²) in [6, 6.07) is 4.33. The van der Waals surface area contributed by atoms with Gasteiger partial charge in [-0.05, 0) is 36.2 Å². The molecule has 0 fully saturated rings. The first-order valence-corrected chi connectivity index (χ1v) is 5.37. The molecule has 0 saturated carbocycles. The fourth-order valence-corrected chi connectivity index (χ4v) is 1.78. The van der Waals surface area contributed by atoms with Gasteiger partial charge in [0.2, 0.25) is 0 Å². The average Bonchev–Trinajstić information content (AvgIpc) is 2.59. The Balaban J connectivity index is 2.52. The summed E-state index contributed by atoms with van der Waals surface area (Å²) in [5.74, 6) is -0.620. The summed E-state index contributed by atoms with van der Waals surface area (Å²) < 4.78 is 15.3. The Kier molecular flexibility index (Phi) is 2.98. The van der Waals surface area contributed by atoms with Gasteiger partial charge in [0.25, 0.3) is 5.24 Å². The largest absolute Gasteiger partial charge is 0.275 e. The molecule has 0 amide bonds. The van der Waals surface area contributed by atoms with Crippen LogP contribution >= 0.6 is 11.6 Å². The molecule has 2 rings (SSSR count). The van der Waals surface area contributed by atoms with Crippen LogP contribution in [0.15, 0.2) is 24.4 Å². The van der Waals surface area contributed by atoms with Gasteiger partial charge in [0.15, 0.2) is 0 Å². The number of aromatic nitrogens is 2. The molecule has 0 saturated heterocycles. The monoisotopic (exact) mass is 252 g/mol. The molecular formula is C12H10ClFN2O. The molecule has 0 bridgehead atoms. The van der Waals surface area contributed by atoms with E-state index in [4.69, 9.17) is 11.6 Å². The van der Waals surface area contributed by atoms with E-state index in [1.54, 1.807) is 16.9 Å². The summed E-state index contributed by atoms with van der Waals surface area (Å²) in [4.78, 5) is 10.9. The fourth-order valence-electron chi connectivity index (χ4n) is 1.62. The number of benzene rings is 1. The number of rotatable bonds is 2. The number of carbonyl (C=O) groups is 1. The Bertz CT molecular complexity index is 592. The summed E-state index contributed by atoms with van der Waals surface area (Å²) in [5, 5.41) is 3.29. The van der Waals surface area contributed by atoms with E-state index in [0.29, 0.717) is 5.56 Å². The molecule has 0 atom stereocenters. The van der Waals surface area contributed by atoms with Gasteiger partial charge in [-0.3, -0.25) is 9.48 Å². The Labute approximate surface area is 103 Å². The van der Waals surface area contributed by atoms with Gasteiger partial charge < -0.3 is 0 Å². The van der Waals surface area contributed by atoms with E-state index in [-0.39, 0.29) is 5.56 Å². The van der Waals surface area contributed by atoms with Crippen LogP contribution in [0.2, 0.25) is 0 Å². The molecule has 0 unspecified atom stereocenters. The Hall–Kier alpha value is -1.68. The lowest BCUT2D eigenvalue weighted by atomic mass is 10.0. The van der Waals surface area contributed by atoms with Crippen molar-refractivity contribution in [3.05, 3.63) is 41.5 Å². The van der Waals surface area contributed by atoms with Crippen molar-refractivity contribution in [2.75, 3.05) is 0 Å². The maximum atomic E-state index is 13.6. The minimum absolute atomic E-state index is 0.114. The number of halogens is 2. The highest BCUT2D eigenvalue weighted by molar-refractivity contribution is 6.67. The highest BCUT2D eigenvalue weighted by atomic mass is 35.5. The van der Waals surface area contributed by atoms with Crippen LogP contribution in [0, 0.1) is 12.7 Å². The van der Waals surface area contributed by atoms with Crippen molar-refractivity contribution >= 4 is 16.8 Å². The smallest absolute Gasteiger partial charge is 0.255 e. The number of hydrogen-bond acceptors (Lipinski definition) is 2. The number of aryl methyl sites for hydroxylation is 1. The second kappa shape index (κ2) is 4.30. The van der Waals surface area contributed by atoms with E-state index in [1.807, 2.05) is 14.0 Å². The number of carbonyl (C=O) groups excluding carboxylic acids is 1. The zero-order valence-electron chi connectivity index (χ0n) is 9.37. The molecule has 0 aliphatic rings. The van der Waals surface area contributed by atoms with Crippen LogP contribution in [0.1, 0.15) is 16.1 Å². The van der Waals surface area contributed by atoms with Crippen LogP contribution < -0.4 is 0 Å². The third kappa shape index (κ3) is 2.08. The standard InChI is InChI=1S/C12H10ClFN2O/c1-7-10(6-15-16(7)2)8-3-4-9(12(13)17)11(14)5-8/h3-6H,1-2H3. The first kappa shape index (κ1) is 11.8. The van der Waals surface area contributed by atoms with E-state index in [9.17, 15) is 9.18 Å². The van der Waals surface area contributed by atoms with E-state index in [1.165, 1.54) is 12.1 Å². The van der Waals surface area contributed by atoms with Gasteiger partial charge >= 0.3 is 0 Å². The normalized spacial score (nSPS) is 10.6. The lowest BCUT2D eigenvalue weighted by Crippen LogP contribution is -1.95. The fraction of sp³-hybridized carbons (Fsp3) is 0.167. The Morgan fingerprint density at radius 3 is 2.65 bits per heavy atom. The van der Waals surface area contributed by atoms with Gasteiger partial charge in [-0.15, -0.1) is 0 Å². The molecule has 0 N–H and O–H groups in total. The van der Waals surface area contributed by atoms with Crippen molar-refractivity contribution in [2.24, 2.45) is 7.05 Å². The molecular weight excluding hydrogens is 243 g/mol. The third-order valence-electron chi connectivity index (χ3n) is 2.73. The molecule has 0 aliphatic heterocycles. The van der Waals surface area contributed by atoms with Crippen LogP contribution in [0.4, 0.5) is 4.39 Å². The predicted molar refractivity (Wildman–Crippen MR) is 63.5 cm³/mol. The zero-order valence-corrected chi connectivity index (χ0v) is 10.1. The van der Waals surface area contributed by atoms with Crippen molar-refractivity contribution in [1.82, 2.24) is 9.78 Å². The molecule has 88 valence electrons. The van der Waals surface area contributed by atoms with Gasteiger partial charge in [0, 0.05) is 18.3 Å². The van der Waals surface area contributed by atoms with Gasteiger partial charge in [-0.25, -0.2) is 4.39 Å². The van der Waals surface area contributed by atoms with Gasteiger partial charge in [0.1, 0.15) is 5.82 Å². The molecule has 0 aliphatic carbocycles. The summed E-state index contributed by atoms with van der Waals surface area (Å²) >= 11 is 5.25. The molecule has 1 heterocycles. The first-order chi connectivity index (χ1) is 8.00. The summed E-state index contributed by atoms with van der Waals surface area (Å²) in [7, 11) is 1.81. The second-order valence-corrected chi connectivity index (χ2v) is 4.08. The van der Waals surface area contributed by atoms with Crippen LogP contribution in [0.5, 0.6) is 0 Å². The maximum absolute atomic E-state index is 13.6. The van der Waals surface area contributed by atoms with Crippen molar-refractivity contribution in [2.45, 2.75) is 6.92 Å². The molecule has 3 nitrogen and oxygen atoms in total. The summed E-state index contributed by atoms with van der Waals surface area (Å²) in [6.45, 7) is 1.89. The van der Waals surface area contributed by atoms with E-state index < -0.39 is 11.1 Å². The van der Waals surface area contributed by atoms with Crippen molar-refractivity contribution in [3.8, 4) is 11.1 Å². The SMILES string of the molecule is Cc1c(-c2ccc(C(=O)Cl)c(F)c2)cnn1C. The van der Waals surface area contributed by atoms with E-state index in [2.05, 4.69) is 5.10 Å². The zero-order chi connectivity index (χ0) is 12.6. The highest BCUT2D eigenvalue weighted by Gasteiger charge is 2.12. The topological polar surface area (TPSA) is 34.9 Å². The second-order valence-electron chi connectivity index (χ2n) is 3.74. The van der Waals surface area contributed by atoms with Crippen LogP contribution in [0.25, 0.3) is 11.1 Å². The lowest BCUT2D eigenvalue weighted by Gasteiger charge is -2.03. The summed E-state index contributed by atoms with van der Waals surface area (Å²) in [6.07, 6.45) is 1.66. The predicted octanol–water partition coefficient (Wildman–Crippen LogP) is 2.91. The van der Waals surface area contributed by atoms with Crippen molar-refractivity contribution < 1.29 is 9.18 Å². The first-order valence-electron chi connectivity index (χ1n) is 4.99. The average molecular weight is 253 g/mol. The van der Waals surface area contributed by atoms with E-state index >= 15 is 0 Å². The summed E-state index contributed by atoms with van der Waals surface area (Å²) in [5.41, 5.74) is 2.32. The minimum Gasteiger partial charge on any atom is -0.275 e. The highest BCUT2D eigenvalue weighted by Crippen LogP contribution is 2.25. The van der Waals surface area contributed by atoms with Crippen molar-refractivity contribution in [1.29, 1.82) is 0 Å². The molecule has 1 aromatic heterocycles. The molecule has 2 aromatic rings. The molecule has 5 heteroatoms. The van der Waals surface area contributed by atoms with Crippen LogP contribution in [-0.4, -0.2) is 15.0 Å². The lowest BCUT2D eigenvalue weighted by molar-refractivity contribution is 0.107. The molecule has 0 radical (unpaired) electrons. The third-order valence-corrected chi connectivity index (χ3v) is 2.93. The Morgan fingerprint density at radius 2 is 2.18 bits per heavy atom. The number of hydrogen-bond donors (Lipinski definition) is 0. The maximum Gasteiger partial charge on any atom is 0.255 e. The Morgan fingerprint density at radius 1 is 1.47 bits per heavy atom. The van der Waals surface area contributed by atoms with Crippen LogP contribution in [-0.2, 0) is 7.05 Å².